The molecule has 3 aromatic rings. The molecular weight excluding hydrogens is 671 g/mol. The van der Waals surface area contributed by atoms with Gasteiger partial charge in [-0.3, -0.25) is 14.8 Å². The molecule has 50 heavy (non-hydrogen) atoms. The number of nitrogens with zero attached hydrogens (tertiary/aromatic N) is 3. The van der Waals surface area contributed by atoms with Crippen molar-refractivity contribution in [3.05, 3.63) is 88.4 Å². The number of alkyl carbamates (subject to hydrolysis) is 1. The molecule has 0 aliphatic carbocycles. The first-order valence-corrected chi connectivity index (χ1v) is 19.1. The van der Waals surface area contributed by atoms with Crippen molar-refractivity contribution in [1.29, 1.82) is 0 Å². The van der Waals surface area contributed by atoms with Crippen molar-refractivity contribution < 1.29 is 19.1 Å². The molecule has 5 atom stereocenters. The number of benzene rings is 2. The molecule has 4 amide bonds. The molecular formula is C37H51N7O4S2. The molecule has 0 saturated heterocycles. The number of hydrogen-bond donors (Lipinski definition) is 4. The highest BCUT2D eigenvalue weighted by Crippen LogP contribution is 2.23. The van der Waals surface area contributed by atoms with Crippen molar-refractivity contribution in [2.75, 3.05) is 26.4 Å². The first-order chi connectivity index (χ1) is 24.1. The van der Waals surface area contributed by atoms with Gasteiger partial charge in [-0.05, 0) is 50.8 Å². The first-order valence-electron chi connectivity index (χ1n) is 17.2. The van der Waals surface area contributed by atoms with Gasteiger partial charge < -0.3 is 30.9 Å². The van der Waals surface area contributed by atoms with Crippen molar-refractivity contribution in [2.24, 2.45) is 10.9 Å². The van der Waals surface area contributed by atoms with Gasteiger partial charge in [-0.25, -0.2) is 9.59 Å². The number of thioether (sulfide) groups is 1. The smallest absolute Gasteiger partial charge is 0.407 e. The summed E-state index contributed by atoms with van der Waals surface area (Å²) in [7, 11) is 3.51. The lowest BCUT2D eigenvalue weighted by atomic mass is 9.95. The minimum Gasteiger partial charge on any atom is -0.444 e. The molecule has 0 bridgehead atoms. The summed E-state index contributed by atoms with van der Waals surface area (Å²) in [4.78, 5) is 51.5. The summed E-state index contributed by atoms with van der Waals surface area (Å²) in [6.45, 7) is 6.74. The summed E-state index contributed by atoms with van der Waals surface area (Å²) in [5, 5.41) is 13.5. The van der Waals surface area contributed by atoms with Crippen LogP contribution >= 0.6 is 23.1 Å². The van der Waals surface area contributed by atoms with Crippen LogP contribution in [0.3, 0.4) is 0 Å². The molecule has 4 N–H and O–H groups in total. The van der Waals surface area contributed by atoms with E-state index in [9.17, 15) is 14.4 Å². The zero-order valence-electron chi connectivity index (χ0n) is 29.6. The molecule has 0 saturated carbocycles. The Balaban J connectivity index is 1.44. The van der Waals surface area contributed by atoms with Crippen molar-refractivity contribution in [2.45, 2.75) is 83.3 Å². The number of ether oxygens (including phenoxy) is 1. The molecule has 1 aliphatic rings. The van der Waals surface area contributed by atoms with Gasteiger partial charge in [0.1, 0.15) is 12.6 Å². The van der Waals surface area contributed by atoms with Crippen LogP contribution in [-0.4, -0.2) is 89.6 Å². The van der Waals surface area contributed by atoms with Gasteiger partial charge in [0.15, 0.2) is 0 Å². The lowest BCUT2D eigenvalue weighted by molar-refractivity contribution is -0.124. The van der Waals surface area contributed by atoms with Gasteiger partial charge in [0.25, 0.3) is 0 Å². The van der Waals surface area contributed by atoms with E-state index in [-0.39, 0.29) is 42.7 Å². The molecule has 13 heteroatoms. The highest BCUT2D eigenvalue weighted by atomic mass is 32.2. The third-order valence-electron chi connectivity index (χ3n) is 8.59. The van der Waals surface area contributed by atoms with Crippen molar-refractivity contribution in [1.82, 2.24) is 31.2 Å². The molecule has 1 aliphatic heterocycles. The second kappa shape index (κ2) is 20.0. The normalized spacial score (nSPS) is 16.5. The Morgan fingerprint density at radius 3 is 2.08 bits per heavy atom. The number of carbonyl (C=O) groups is 3. The van der Waals surface area contributed by atoms with E-state index in [0.717, 1.165) is 26.8 Å². The van der Waals surface area contributed by atoms with Gasteiger partial charge in [0, 0.05) is 49.6 Å². The van der Waals surface area contributed by atoms with E-state index in [1.165, 1.54) is 11.3 Å². The fourth-order valence-corrected chi connectivity index (χ4v) is 7.28. The van der Waals surface area contributed by atoms with Gasteiger partial charge in [-0.1, -0.05) is 74.5 Å². The third-order valence-corrected chi connectivity index (χ3v) is 10.8. The highest BCUT2D eigenvalue weighted by molar-refractivity contribution is 8.14. The van der Waals surface area contributed by atoms with E-state index >= 15 is 0 Å². The maximum absolute atomic E-state index is 14.0. The Hall–Kier alpha value is -3.94. The zero-order valence-corrected chi connectivity index (χ0v) is 31.3. The van der Waals surface area contributed by atoms with E-state index < -0.39 is 12.1 Å². The van der Waals surface area contributed by atoms with Crippen LogP contribution < -0.4 is 21.3 Å². The fourth-order valence-electron chi connectivity index (χ4n) is 5.67. The van der Waals surface area contributed by atoms with Crippen LogP contribution in [0.25, 0.3) is 0 Å². The van der Waals surface area contributed by atoms with E-state index in [4.69, 9.17) is 9.73 Å². The second-order valence-electron chi connectivity index (χ2n) is 13.0. The lowest BCUT2D eigenvalue weighted by Crippen LogP contribution is -2.59. The van der Waals surface area contributed by atoms with Crippen LogP contribution in [0.4, 0.5) is 9.59 Å². The highest BCUT2D eigenvalue weighted by Gasteiger charge is 2.30. The number of urea groups is 1. The number of aliphatic imine (C=N–C) groups is 1. The van der Waals surface area contributed by atoms with Crippen LogP contribution in [0.5, 0.6) is 0 Å². The zero-order chi connectivity index (χ0) is 35.9. The largest absolute Gasteiger partial charge is 0.444 e. The average Bonchev–Trinajstić information content (AvgIpc) is 3.82. The Morgan fingerprint density at radius 1 is 0.920 bits per heavy atom. The molecule has 0 fully saturated rings. The summed E-state index contributed by atoms with van der Waals surface area (Å²) in [5.41, 5.74) is 3.86. The monoisotopic (exact) mass is 721 g/mol. The average molecular weight is 722 g/mol. The number of likely N-dealkylation sites (N-methyl/N-ethyl adjacent to an activating group) is 2. The summed E-state index contributed by atoms with van der Waals surface area (Å²) in [5.74, 6) is 0.931. The summed E-state index contributed by atoms with van der Waals surface area (Å²) >= 11 is 3.17. The second-order valence-corrected chi connectivity index (χ2v) is 15.0. The maximum Gasteiger partial charge on any atom is 0.407 e. The minimum absolute atomic E-state index is 0.0276. The van der Waals surface area contributed by atoms with Crippen molar-refractivity contribution in [3.8, 4) is 0 Å². The molecule has 1 aromatic heterocycles. The molecule has 0 radical (unpaired) electrons. The van der Waals surface area contributed by atoms with Crippen molar-refractivity contribution >= 4 is 46.2 Å². The predicted octanol–water partition coefficient (Wildman–Crippen LogP) is 5.28. The SMILES string of the molecule is CNC(C)[C@H](NC(=O)N(C)CC1CSC(C(C)C)=N1)C(=O)N[C@H](CC[C@H](Cc1ccccc1)NC(=O)OCc1cncs1)Cc1ccccc1. The van der Waals surface area contributed by atoms with E-state index in [2.05, 4.69) is 40.1 Å². The fraction of sp³-hybridized carbons (Fsp3) is 0.486. The van der Waals surface area contributed by atoms with Crippen LogP contribution in [0, 0.1) is 5.92 Å². The van der Waals surface area contributed by atoms with Crippen LogP contribution in [0.2, 0.25) is 0 Å². The van der Waals surface area contributed by atoms with Gasteiger partial charge in [0.2, 0.25) is 5.91 Å². The Morgan fingerprint density at radius 2 is 1.54 bits per heavy atom. The topological polar surface area (TPSA) is 137 Å². The summed E-state index contributed by atoms with van der Waals surface area (Å²) in [6, 6.07) is 18.0. The Labute approximate surface area is 304 Å². The van der Waals surface area contributed by atoms with Crippen molar-refractivity contribution in [3.63, 3.8) is 0 Å². The van der Waals surface area contributed by atoms with Crippen LogP contribution in [-0.2, 0) is 29.0 Å². The van der Waals surface area contributed by atoms with E-state index in [1.54, 1.807) is 42.5 Å². The van der Waals surface area contributed by atoms with Gasteiger partial charge >= 0.3 is 12.1 Å². The quantitative estimate of drug-likeness (QED) is 0.140. The molecule has 2 unspecified atom stereocenters. The predicted molar refractivity (Wildman–Crippen MR) is 203 cm³/mol. The van der Waals surface area contributed by atoms with Gasteiger partial charge in [-0.2, -0.15) is 0 Å². The Kier molecular flexibility index (Phi) is 15.6. The Bertz CT molecular complexity index is 1510. The summed E-state index contributed by atoms with van der Waals surface area (Å²) in [6.07, 6.45) is 3.54. The van der Waals surface area contributed by atoms with E-state index in [1.807, 2.05) is 67.6 Å². The molecule has 270 valence electrons. The van der Waals surface area contributed by atoms with E-state index in [0.29, 0.717) is 38.1 Å². The van der Waals surface area contributed by atoms with Gasteiger partial charge in [-0.15, -0.1) is 23.1 Å². The minimum atomic E-state index is -0.819. The molecule has 4 rings (SSSR count). The first kappa shape index (κ1) is 38.9. The number of carbonyl (C=O) groups excluding carboxylic acids is 3. The third kappa shape index (κ3) is 12.7. The number of amides is 4. The molecule has 0 spiro atoms. The standard InChI is InChI=1S/C37H51N7O4S2/c1-25(2)35-41-31(23-49-35)21-44(5)36(46)43-33(26(3)38-4)34(45)40-29(18-27-12-8-6-9-13-27)16-17-30(19-28-14-10-7-11-15-28)42-37(47)48-22-32-20-39-24-50-32/h6-15,20,24-26,29-31,33,38H,16-19,21-23H2,1-5H3,(H,40,45)(H,42,47)(H,43,46)/t26?,29-,30-,31?,33+/m1/s1. The van der Waals surface area contributed by atoms with Crippen LogP contribution in [0.15, 0.2) is 77.4 Å². The number of aromatic nitrogens is 1. The number of rotatable bonds is 18. The number of hydrogen-bond acceptors (Lipinski definition) is 9. The maximum atomic E-state index is 14.0. The molecule has 2 aromatic carbocycles. The van der Waals surface area contributed by atoms with Gasteiger partial charge in [0.05, 0.1) is 21.5 Å². The lowest BCUT2D eigenvalue weighted by Gasteiger charge is -2.30. The number of thiazole rings is 1. The number of nitrogens with one attached hydrogen (secondary N) is 4. The molecule has 2 heterocycles. The van der Waals surface area contributed by atoms with Crippen LogP contribution in [0.1, 0.15) is 49.6 Å². The summed E-state index contributed by atoms with van der Waals surface area (Å²) < 4.78 is 5.50. The molecule has 11 nitrogen and oxygen atoms in total.